The van der Waals surface area contributed by atoms with Crippen molar-refractivity contribution in [2.45, 2.75) is 50.7 Å². The zero-order chi connectivity index (χ0) is 21.1. The van der Waals surface area contributed by atoms with Gasteiger partial charge in [-0.15, -0.1) is 0 Å². The van der Waals surface area contributed by atoms with Gasteiger partial charge < -0.3 is 5.32 Å². The van der Waals surface area contributed by atoms with E-state index in [0.29, 0.717) is 22.6 Å². The number of hydrogen-bond donors (Lipinski definition) is 2. The lowest BCUT2D eigenvalue weighted by molar-refractivity contribution is -0.119. The molecular formula is C21H24N4O3S. The summed E-state index contributed by atoms with van der Waals surface area (Å²) < 4.78 is 1.56. The SMILES string of the molecule is CCn1c(S[C@H](C)C(=O)NC(=O)NC(C)C)nc2cc3ccccc3cc2c1=O. The molecule has 29 heavy (non-hydrogen) atoms. The van der Waals surface area contributed by atoms with Crippen LogP contribution in [0.5, 0.6) is 0 Å². The first-order valence-corrected chi connectivity index (χ1v) is 10.4. The molecule has 2 N–H and O–H groups in total. The Balaban J connectivity index is 1.94. The molecule has 0 aliphatic rings. The fourth-order valence-corrected chi connectivity index (χ4v) is 3.95. The number of carbonyl (C=O) groups is 2. The molecule has 1 atom stereocenters. The van der Waals surface area contributed by atoms with Crippen LogP contribution in [-0.2, 0) is 11.3 Å². The first-order chi connectivity index (χ1) is 13.8. The maximum atomic E-state index is 13.0. The summed E-state index contributed by atoms with van der Waals surface area (Å²) in [5, 5.41) is 7.30. The second kappa shape index (κ2) is 8.65. The summed E-state index contributed by atoms with van der Waals surface area (Å²) in [6.07, 6.45) is 0. The van der Waals surface area contributed by atoms with Crippen molar-refractivity contribution < 1.29 is 9.59 Å². The minimum absolute atomic E-state index is 0.0759. The Kier molecular flexibility index (Phi) is 6.22. The Morgan fingerprint density at radius 1 is 1.14 bits per heavy atom. The molecule has 0 saturated heterocycles. The van der Waals surface area contributed by atoms with E-state index in [0.717, 1.165) is 22.5 Å². The maximum Gasteiger partial charge on any atom is 0.321 e. The van der Waals surface area contributed by atoms with E-state index in [1.807, 2.05) is 57.2 Å². The highest BCUT2D eigenvalue weighted by Crippen LogP contribution is 2.25. The van der Waals surface area contributed by atoms with Gasteiger partial charge in [0.25, 0.3) is 5.56 Å². The lowest BCUT2D eigenvalue weighted by Gasteiger charge is -2.16. The van der Waals surface area contributed by atoms with Crippen molar-refractivity contribution in [2.75, 3.05) is 0 Å². The zero-order valence-corrected chi connectivity index (χ0v) is 17.7. The van der Waals surface area contributed by atoms with Crippen molar-refractivity contribution in [1.82, 2.24) is 20.2 Å². The third kappa shape index (κ3) is 4.59. The van der Waals surface area contributed by atoms with Gasteiger partial charge in [-0.3, -0.25) is 19.5 Å². The number of rotatable bonds is 5. The van der Waals surface area contributed by atoms with Crippen molar-refractivity contribution in [2.24, 2.45) is 0 Å². The van der Waals surface area contributed by atoms with Crippen LogP contribution >= 0.6 is 11.8 Å². The molecule has 0 aliphatic heterocycles. The van der Waals surface area contributed by atoms with Gasteiger partial charge >= 0.3 is 6.03 Å². The average Bonchev–Trinajstić information content (AvgIpc) is 2.66. The Morgan fingerprint density at radius 2 is 1.79 bits per heavy atom. The topological polar surface area (TPSA) is 93.1 Å². The van der Waals surface area contributed by atoms with Gasteiger partial charge in [0, 0.05) is 12.6 Å². The highest BCUT2D eigenvalue weighted by atomic mass is 32.2. The average molecular weight is 413 g/mol. The van der Waals surface area contributed by atoms with Gasteiger partial charge in [0.05, 0.1) is 16.2 Å². The zero-order valence-electron chi connectivity index (χ0n) is 16.9. The highest BCUT2D eigenvalue weighted by Gasteiger charge is 2.21. The summed E-state index contributed by atoms with van der Waals surface area (Å²) in [6.45, 7) is 7.59. The van der Waals surface area contributed by atoms with Crippen LogP contribution in [0.2, 0.25) is 0 Å². The van der Waals surface area contributed by atoms with Crippen LogP contribution in [0.25, 0.3) is 21.7 Å². The van der Waals surface area contributed by atoms with E-state index in [4.69, 9.17) is 0 Å². The number of benzene rings is 2. The Morgan fingerprint density at radius 3 is 2.41 bits per heavy atom. The fourth-order valence-electron chi connectivity index (χ4n) is 2.98. The molecule has 3 amide bonds. The molecule has 0 fully saturated rings. The van der Waals surface area contributed by atoms with E-state index in [2.05, 4.69) is 15.6 Å². The van der Waals surface area contributed by atoms with Crippen LogP contribution < -0.4 is 16.2 Å². The number of urea groups is 1. The maximum absolute atomic E-state index is 13.0. The molecule has 0 saturated carbocycles. The largest absolute Gasteiger partial charge is 0.336 e. The molecule has 0 unspecified atom stereocenters. The van der Waals surface area contributed by atoms with E-state index < -0.39 is 17.2 Å². The second-order valence-corrected chi connectivity index (χ2v) is 8.35. The molecular weight excluding hydrogens is 388 g/mol. The van der Waals surface area contributed by atoms with Gasteiger partial charge in [0.1, 0.15) is 0 Å². The minimum atomic E-state index is -0.601. The Labute approximate surface area is 172 Å². The lowest BCUT2D eigenvalue weighted by atomic mass is 10.1. The van der Waals surface area contributed by atoms with Crippen LogP contribution in [0.15, 0.2) is 46.3 Å². The van der Waals surface area contributed by atoms with Crippen molar-refractivity contribution in [3.63, 3.8) is 0 Å². The van der Waals surface area contributed by atoms with Crippen molar-refractivity contribution in [3.8, 4) is 0 Å². The van der Waals surface area contributed by atoms with Gasteiger partial charge in [-0.25, -0.2) is 9.78 Å². The smallest absolute Gasteiger partial charge is 0.321 e. The van der Waals surface area contributed by atoms with E-state index in [-0.39, 0.29) is 11.6 Å². The number of imide groups is 1. The predicted molar refractivity (Wildman–Crippen MR) is 116 cm³/mol. The van der Waals surface area contributed by atoms with Gasteiger partial charge in [-0.2, -0.15) is 0 Å². The third-order valence-electron chi connectivity index (χ3n) is 4.41. The van der Waals surface area contributed by atoms with Crippen LogP contribution in [0, 0.1) is 0 Å². The molecule has 0 radical (unpaired) electrons. The first kappa shape index (κ1) is 20.9. The van der Waals surface area contributed by atoms with Crippen molar-refractivity contribution in [1.29, 1.82) is 0 Å². The standard InChI is InChI=1S/C21H24N4O3S/c1-5-25-19(27)16-10-14-8-6-7-9-15(14)11-17(16)23-21(25)29-13(4)18(26)24-20(28)22-12(2)3/h6-13H,5H2,1-4H3,(H2,22,24,26,28)/t13-/m1/s1. The number of fused-ring (bicyclic) bond motifs is 2. The predicted octanol–water partition coefficient (Wildman–Crippen LogP) is 3.28. The Bertz CT molecular complexity index is 1140. The summed E-state index contributed by atoms with van der Waals surface area (Å²) in [5.41, 5.74) is 0.446. The number of aromatic nitrogens is 2. The van der Waals surface area contributed by atoms with E-state index in [1.165, 1.54) is 0 Å². The summed E-state index contributed by atoms with van der Waals surface area (Å²) in [7, 11) is 0. The molecule has 1 aromatic heterocycles. The fraction of sp³-hybridized carbons (Fsp3) is 0.333. The number of thioether (sulfide) groups is 1. The number of hydrogen-bond acceptors (Lipinski definition) is 5. The second-order valence-electron chi connectivity index (χ2n) is 7.04. The van der Waals surface area contributed by atoms with Crippen LogP contribution in [0.3, 0.4) is 0 Å². The molecule has 8 heteroatoms. The Hall–Kier alpha value is -2.87. The summed E-state index contributed by atoms with van der Waals surface area (Å²) in [6, 6.07) is 10.9. The quantitative estimate of drug-likeness (QED) is 0.381. The van der Waals surface area contributed by atoms with Gasteiger partial charge in [-0.05, 0) is 50.6 Å². The molecule has 1 heterocycles. The molecule has 7 nitrogen and oxygen atoms in total. The molecule has 0 spiro atoms. The highest BCUT2D eigenvalue weighted by molar-refractivity contribution is 8.00. The number of nitrogens with one attached hydrogen (secondary N) is 2. The summed E-state index contributed by atoms with van der Waals surface area (Å²) >= 11 is 1.16. The lowest BCUT2D eigenvalue weighted by Crippen LogP contribution is -2.45. The van der Waals surface area contributed by atoms with Gasteiger partial charge in [-0.1, -0.05) is 36.0 Å². The number of amides is 3. The van der Waals surface area contributed by atoms with E-state index in [9.17, 15) is 14.4 Å². The number of nitrogens with zero attached hydrogens (tertiary/aromatic N) is 2. The molecule has 152 valence electrons. The molecule has 3 aromatic rings. The molecule has 0 bridgehead atoms. The van der Waals surface area contributed by atoms with E-state index >= 15 is 0 Å². The normalized spacial score (nSPS) is 12.3. The van der Waals surface area contributed by atoms with Gasteiger partial charge in [0.2, 0.25) is 5.91 Å². The van der Waals surface area contributed by atoms with Crippen molar-refractivity contribution >= 4 is 45.4 Å². The molecule has 3 rings (SSSR count). The molecule has 0 aliphatic carbocycles. The van der Waals surface area contributed by atoms with Crippen molar-refractivity contribution in [3.05, 3.63) is 46.8 Å². The first-order valence-electron chi connectivity index (χ1n) is 9.51. The monoisotopic (exact) mass is 412 g/mol. The van der Waals surface area contributed by atoms with Crippen LogP contribution in [-0.4, -0.2) is 32.8 Å². The minimum Gasteiger partial charge on any atom is -0.336 e. The summed E-state index contributed by atoms with van der Waals surface area (Å²) in [5.74, 6) is -0.441. The third-order valence-corrected chi connectivity index (χ3v) is 5.50. The number of carbonyl (C=O) groups excluding carboxylic acids is 2. The van der Waals surface area contributed by atoms with Crippen LogP contribution in [0.4, 0.5) is 4.79 Å². The van der Waals surface area contributed by atoms with Gasteiger partial charge in [0.15, 0.2) is 5.16 Å². The molecule has 2 aromatic carbocycles. The van der Waals surface area contributed by atoms with Crippen LogP contribution in [0.1, 0.15) is 27.7 Å². The summed E-state index contributed by atoms with van der Waals surface area (Å²) in [4.78, 5) is 41.8. The van der Waals surface area contributed by atoms with E-state index in [1.54, 1.807) is 11.5 Å².